The number of amides is 1. The summed E-state index contributed by atoms with van der Waals surface area (Å²) in [7, 11) is 0. The van der Waals surface area contributed by atoms with Crippen LogP contribution in [0.3, 0.4) is 0 Å². The van der Waals surface area contributed by atoms with Crippen molar-refractivity contribution >= 4 is 22.4 Å². The van der Waals surface area contributed by atoms with E-state index in [2.05, 4.69) is 5.10 Å². The lowest BCUT2D eigenvalue weighted by molar-refractivity contribution is -0.119. The number of nitrogens with zero attached hydrogens (tertiary/aromatic N) is 3. The molecule has 0 aliphatic carbocycles. The number of carbonyl (C=O) groups excluding carboxylic acids is 1. The Kier molecular flexibility index (Phi) is 4.42. The molecule has 0 radical (unpaired) electrons. The van der Waals surface area contributed by atoms with Gasteiger partial charge in [0.05, 0.1) is 11.1 Å². The lowest BCUT2D eigenvalue weighted by Crippen LogP contribution is -2.37. The molecule has 2 aromatic carbocycles. The van der Waals surface area contributed by atoms with Gasteiger partial charge < -0.3 is 4.90 Å². The number of hydrogen-bond donors (Lipinski definition) is 0. The van der Waals surface area contributed by atoms with Crippen molar-refractivity contribution in [2.24, 2.45) is 0 Å². The van der Waals surface area contributed by atoms with E-state index in [4.69, 9.17) is 0 Å². The highest BCUT2D eigenvalue weighted by Gasteiger charge is 2.16. The van der Waals surface area contributed by atoms with Crippen molar-refractivity contribution in [3.8, 4) is 0 Å². The summed E-state index contributed by atoms with van der Waals surface area (Å²) in [6.45, 7) is 4.21. The lowest BCUT2D eigenvalue weighted by atomic mass is 10.1. The number of anilines is 1. The Morgan fingerprint density at radius 2 is 1.67 bits per heavy atom. The van der Waals surface area contributed by atoms with E-state index < -0.39 is 0 Å². The van der Waals surface area contributed by atoms with E-state index in [1.165, 1.54) is 4.68 Å². The number of rotatable bonds is 4. The predicted molar refractivity (Wildman–Crippen MR) is 95.2 cm³/mol. The zero-order valence-electron chi connectivity index (χ0n) is 13.8. The first kappa shape index (κ1) is 15.9. The van der Waals surface area contributed by atoms with Crippen molar-refractivity contribution in [1.82, 2.24) is 9.78 Å². The minimum absolute atomic E-state index is 0.0761. The SMILES string of the molecule is CCN(C(=O)Cn1nc(C)c2ccccc2c1=O)c1ccccc1. The molecular weight excluding hydrogens is 302 g/mol. The van der Waals surface area contributed by atoms with E-state index in [0.717, 1.165) is 16.8 Å². The predicted octanol–water partition coefficient (Wildman–Crippen LogP) is 2.76. The van der Waals surface area contributed by atoms with Crippen LogP contribution in [-0.2, 0) is 11.3 Å². The average molecular weight is 321 g/mol. The lowest BCUT2D eigenvalue weighted by Gasteiger charge is -2.21. The summed E-state index contributed by atoms with van der Waals surface area (Å²) in [5.74, 6) is -0.159. The van der Waals surface area contributed by atoms with Crippen molar-refractivity contribution in [2.75, 3.05) is 11.4 Å². The summed E-state index contributed by atoms with van der Waals surface area (Å²) < 4.78 is 1.26. The zero-order valence-corrected chi connectivity index (χ0v) is 13.8. The minimum atomic E-state index is -0.242. The Morgan fingerprint density at radius 1 is 1.04 bits per heavy atom. The van der Waals surface area contributed by atoms with Crippen LogP contribution in [-0.4, -0.2) is 22.2 Å². The van der Waals surface area contributed by atoms with Gasteiger partial charge in [-0.2, -0.15) is 5.10 Å². The molecule has 0 unspecified atom stereocenters. The molecule has 3 rings (SSSR count). The van der Waals surface area contributed by atoms with Crippen molar-refractivity contribution in [1.29, 1.82) is 0 Å². The second-order valence-corrected chi connectivity index (χ2v) is 5.57. The summed E-state index contributed by atoms with van der Waals surface area (Å²) in [5, 5.41) is 5.71. The van der Waals surface area contributed by atoms with Gasteiger partial charge in [0.1, 0.15) is 6.54 Å². The van der Waals surface area contributed by atoms with Gasteiger partial charge in [0.2, 0.25) is 5.91 Å². The van der Waals surface area contributed by atoms with Gasteiger partial charge in [-0.25, -0.2) is 4.68 Å². The molecule has 0 atom stereocenters. The molecule has 3 aromatic rings. The third-order valence-electron chi connectivity index (χ3n) is 4.02. The summed E-state index contributed by atoms with van der Waals surface area (Å²) in [6.07, 6.45) is 0. The summed E-state index contributed by atoms with van der Waals surface area (Å²) in [5.41, 5.74) is 1.31. The maximum Gasteiger partial charge on any atom is 0.275 e. The number of aromatic nitrogens is 2. The highest BCUT2D eigenvalue weighted by atomic mass is 16.2. The first-order chi connectivity index (χ1) is 11.6. The summed E-state index contributed by atoms with van der Waals surface area (Å²) in [4.78, 5) is 26.9. The second-order valence-electron chi connectivity index (χ2n) is 5.57. The number of fused-ring (bicyclic) bond motifs is 1. The molecule has 0 spiro atoms. The van der Waals surface area contributed by atoms with Crippen LogP contribution < -0.4 is 10.5 Å². The zero-order chi connectivity index (χ0) is 17.1. The van der Waals surface area contributed by atoms with Gasteiger partial charge in [-0.05, 0) is 32.0 Å². The normalized spacial score (nSPS) is 10.8. The van der Waals surface area contributed by atoms with Gasteiger partial charge in [0.15, 0.2) is 0 Å². The molecule has 5 nitrogen and oxygen atoms in total. The van der Waals surface area contributed by atoms with Crippen LogP contribution in [0, 0.1) is 6.92 Å². The van der Waals surface area contributed by atoms with Crippen LogP contribution in [0.15, 0.2) is 59.4 Å². The van der Waals surface area contributed by atoms with E-state index in [9.17, 15) is 9.59 Å². The highest BCUT2D eigenvalue weighted by molar-refractivity contribution is 5.93. The molecule has 1 aromatic heterocycles. The molecule has 0 saturated carbocycles. The van der Waals surface area contributed by atoms with Gasteiger partial charge in [0.25, 0.3) is 5.56 Å². The Morgan fingerprint density at radius 3 is 2.33 bits per heavy atom. The molecule has 0 N–H and O–H groups in total. The first-order valence-corrected chi connectivity index (χ1v) is 7.93. The first-order valence-electron chi connectivity index (χ1n) is 7.93. The van der Waals surface area contributed by atoms with Gasteiger partial charge in [-0.15, -0.1) is 0 Å². The fourth-order valence-electron chi connectivity index (χ4n) is 2.84. The van der Waals surface area contributed by atoms with Crippen LogP contribution in [0.4, 0.5) is 5.69 Å². The van der Waals surface area contributed by atoms with Crippen molar-refractivity contribution in [3.63, 3.8) is 0 Å². The Bertz CT molecular complexity index is 932. The van der Waals surface area contributed by atoms with Crippen LogP contribution in [0.2, 0.25) is 0 Å². The van der Waals surface area contributed by atoms with Crippen molar-refractivity contribution < 1.29 is 4.79 Å². The van der Waals surface area contributed by atoms with E-state index in [1.54, 1.807) is 11.0 Å². The number of aryl methyl sites for hydroxylation is 1. The standard InChI is InChI=1S/C19H19N3O2/c1-3-21(15-9-5-4-6-10-15)18(23)13-22-19(24)17-12-8-7-11-16(17)14(2)20-22/h4-12H,3,13H2,1-2H3. The van der Waals surface area contributed by atoms with E-state index in [1.807, 2.05) is 62.4 Å². The third-order valence-corrected chi connectivity index (χ3v) is 4.02. The molecule has 5 heteroatoms. The van der Waals surface area contributed by atoms with Crippen LogP contribution >= 0.6 is 0 Å². The molecule has 0 bridgehead atoms. The quantitative estimate of drug-likeness (QED) is 0.742. The van der Waals surface area contributed by atoms with E-state index >= 15 is 0 Å². The van der Waals surface area contributed by atoms with Crippen LogP contribution in [0.25, 0.3) is 10.8 Å². The minimum Gasteiger partial charge on any atom is -0.311 e. The van der Waals surface area contributed by atoms with Gasteiger partial charge >= 0.3 is 0 Å². The van der Waals surface area contributed by atoms with Crippen molar-refractivity contribution in [2.45, 2.75) is 20.4 Å². The highest BCUT2D eigenvalue weighted by Crippen LogP contribution is 2.14. The molecule has 122 valence electrons. The van der Waals surface area contributed by atoms with E-state index in [-0.39, 0.29) is 18.0 Å². The maximum absolute atomic E-state index is 12.7. The number of carbonyl (C=O) groups is 1. The van der Waals surface area contributed by atoms with Gasteiger partial charge in [0, 0.05) is 17.6 Å². The molecule has 1 amide bonds. The molecule has 1 heterocycles. The summed E-state index contributed by atoms with van der Waals surface area (Å²) >= 11 is 0. The topological polar surface area (TPSA) is 55.2 Å². The fraction of sp³-hybridized carbons (Fsp3) is 0.211. The molecule has 0 aliphatic rings. The monoisotopic (exact) mass is 321 g/mol. The van der Waals surface area contributed by atoms with Gasteiger partial charge in [-0.3, -0.25) is 9.59 Å². The van der Waals surface area contributed by atoms with Crippen LogP contribution in [0.5, 0.6) is 0 Å². The van der Waals surface area contributed by atoms with Crippen molar-refractivity contribution in [3.05, 3.63) is 70.6 Å². The largest absolute Gasteiger partial charge is 0.311 e. The molecule has 0 saturated heterocycles. The van der Waals surface area contributed by atoms with Gasteiger partial charge in [-0.1, -0.05) is 36.4 Å². The smallest absolute Gasteiger partial charge is 0.275 e. The Hall–Kier alpha value is -2.95. The Labute approximate surface area is 140 Å². The molecule has 0 fully saturated rings. The molecular formula is C19H19N3O2. The number of likely N-dealkylation sites (N-methyl/N-ethyl adjacent to an activating group) is 1. The number of hydrogen-bond acceptors (Lipinski definition) is 3. The average Bonchev–Trinajstić information content (AvgIpc) is 2.61. The third kappa shape index (κ3) is 2.93. The number of benzene rings is 2. The summed E-state index contributed by atoms with van der Waals surface area (Å²) in [6, 6.07) is 16.8. The molecule has 0 aliphatic heterocycles. The van der Waals surface area contributed by atoms with E-state index in [0.29, 0.717) is 11.9 Å². The second kappa shape index (κ2) is 6.66. The fourth-order valence-corrected chi connectivity index (χ4v) is 2.84. The maximum atomic E-state index is 12.7. The Balaban J connectivity index is 1.96. The number of para-hydroxylation sites is 1. The van der Waals surface area contributed by atoms with Crippen LogP contribution in [0.1, 0.15) is 12.6 Å². The molecule has 24 heavy (non-hydrogen) atoms.